The number of hydrogen-bond acceptors (Lipinski definition) is 6. The molecule has 0 spiro atoms. The molecule has 2 unspecified atom stereocenters. The first-order chi connectivity index (χ1) is 13.5. The first kappa shape index (κ1) is 17.2. The highest BCUT2D eigenvalue weighted by molar-refractivity contribution is 5.82. The van der Waals surface area contributed by atoms with E-state index in [2.05, 4.69) is 30.8 Å². The predicted molar refractivity (Wildman–Crippen MR) is 98.6 cm³/mol. The zero-order valence-corrected chi connectivity index (χ0v) is 14.8. The van der Waals surface area contributed by atoms with Crippen LogP contribution in [-0.2, 0) is 6.18 Å². The molecular formula is C18H18F3N7. The van der Waals surface area contributed by atoms with E-state index in [0.29, 0.717) is 5.69 Å². The number of aromatic amines is 1. The standard InChI is InChI=1S/C18H18F3N7/c19-18(20,21)15-6-16(24-11-1-4-14-10(5-11)7-23-27-14)26-17(25-15)28-12-2-3-13(28)9-22-8-12/h1,4-7,12-13,22H,2-3,8-9H2,(H,23,27)(H,24,25,26). The van der Waals surface area contributed by atoms with Crippen molar-refractivity contribution in [2.75, 3.05) is 23.3 Å². The van der Waals surface area contributed by atoms with Crippen LogP contribution in [0.5, 0.6) is 0 Å². The second kappa shape index (κ2) is 6.33. The highest BCUT2D eigenvalue weighted by Gasteiger charge is 2.40. The molecule has 2 fully saturated rings. The molecule has 2 atom stereocenters. The van der Waals surface area contributed by atoms with Crippen molar-refractivity contribution in [3.05, 3.63) is 36.2 Å². The van der Waals surface area contributed by atoms with E-state index in [4.69, 9.17) is 0 Å². The van der Waals surface area contributed by atoms with Crippen molar-refractivity contribution in [1.82, 2.24) is 25.5 Å². The number of benzene rings is 1. The van der Waals surface area contributed by atoms with Gasteiger partial charge in [0.2, 0.25) is 5.95 Å². The van der Waals surface area contributed by atoms with Crippen LogP contribution in [0, 0.1) is 0 Å². The minimum absolute atomic E-state index is 0.123. The topological polar surface area (TPSA) is 81.8 Å². The van der Waals surface area contributed by atoms with Crippen LogP contribution in [0.3, 0.4) is 0 Å². The first-order valence-corrected chi connectivity index (χ1v) is 9.13. The maximum absolute atomic E-state index is 13.5. The second-order valence-corrected chi connectivity index (χ2v) is 7.18. The van der Waals surface area contributed by atoms with Crippen LogP contribution in [0.15, 0.2) is 30.5 Å². The van der Waals surface area contributed by atoms with Crippen LogP contribution in [0.25, 0.3) is 10.9 Å². The lowest BCUT2D eigenvalue weighted by Crippen LogP contribution is -2.52. The van der Waals surface area contributed by atoms with Crippen molar-refractivity contribution in [2.24, 2.45) is 0 Å². The van der Waals surface area contributed by atoms with Gasteiger partial charge in [-0.05, 0) is 31.0 Å². The van der Waals surface area contributed by atoms with Crippen molar-refractivity contribution in [1.29, 1.82) is 0 Å². The minimum Gasteiger partial charge on any atom is -0.340 e. The Bertz CT molecular complexity index is 1000. The molecule has 2 aromatic heterocycles. The number of aromatic nitrogens is 4. The second-order valence-electron chi connectivity index (χ2n) is 7.18. The number of anilines is 3. The van der Waals surface area contributed by atoms with E-state index in [1.54, 1.807) is 12.3 Å². The number of hydrogen-bond donors (Lipinski definition) is 3. The molecule has 4 heterocycles. The van der Waals surface area contributed by atoms with E-state index >= 15 is 0 Å². The lowest BCUT2D eigenvalue weighted by molar-refractivity contribution is -0.141. The third-order valence-corrected chi connectivity index (χ3v) is 5.33. The summed E-state index contributed by atoms with van der Waals surface area (Å²) < 4.78 is 40.4. The summed E-state index contributed by atoms with van der Waals surface area (Å²) in [5, 5.41) is 14.0. The summed E-state index contributed by atoms with van der Waals surface area (Å²) in [5.41, 5.74) is 0.541. The molecule has 146 valence electrons. The van der Waals surface area contributed by atoms with E-state index < -0.39 is 11.9 Å². The lowest BCUT2D eigenvalue weighted by Gasteiger charge is -2.35. The predicted octanol–water partition coefficient (Wildman–Crippen LogP) is 3.06. The normalized spacial score (nSPS) is 22.0. The highest BCUT2D eigenvalue weighted by Crippen LogP contribution is 2.35. The molecule has 1 aromatic carbocycles. The van der Waals surface area contributed by atoms with Gasteiger partial charge in [-0.15, -0.1) is 0 Å². The van der Waals surface area contributed by atoms with E-state index in [1.165, 1.54) is 0 Å². The Morgan fingerprint density at radius 3 is 2.61 bits per heavy atom. The molecule has 5 rings (SSSR count). The number of fused-ring (bicyclic) bond motifs is 3. The fourth-order valence-corrected chi connectivity index (χ4v) is 4.03. The monoisotopic (exact) mass is 389 g/mol. The number of nitrogens with zero attached hydrogens (tertiary/aromatic N) is 4. The Morgan fingerprint density at radius 1 is 1.07 bits per heavy atom. The van der Waals surface area contributed by atoms with Gasteiger partial charge in [0.05, 0.1) is 11.7 Å². The van der Waals surface area contributed by atoms with Gasteiger partial charge in [0.15, 0.2) is 5.69 Å². The maximum Gasteiger partial charge on any atom is 0.433 e. The number of alkyl halides is 3. The maximum atomic E-state index is 13.5. The van der Waals surface area contributed by atoms with Crippen LogP contribution in [0.2, 0.25) is 0 Å². The molecule has 0 aliphatic carbocycles. The van der Waals surface area contributed by atoms with Crippen molar-refractivity contribution >= 4 is 28.4 Å². The van der Waals surface area contributed by atoms with Crippen LogP contribution in [-0.4, -0.2) is 45.3 Å². The summed E-state index contributed by atoms with van der Waals surface area (Å²) in [5.74, 6) is 0.258. The van der Waals surface area contributed by atoms with Gasteiger partial charge in [-0.3, -0.25) is 5.10 Å². The fraction of sp³-hybridized carbons (Fsp3) is 0.389. The van der Waals surface area contributed by atoms with Gasteiger partial charge < -0.3 is 15.5 Å². The van der Waals surface area contributed by atoms with Crippen molar-refractivity contribution in [2.45, 2.75) is 31.1 Å². The number of piperazine rings is 1. The minimum atomic E-state index is -4.55. The van der Waals surface area contributed by atoms with Gasteiger partial charge in [-0.1, -0.05) is 0 Å². The third-order valence-electron chi connectivity index (χ3n) is 5.33. The Balaban J connectivity index is 1.53. The van der Waals surface area contributed by atoms with Crippen LogP contribution in [0.4, 0.5) is 30.6 Å². The molecule has 28 heavy (non-hydrogen) atoms. The zero-order valence-electron chi connectivity index (χ0n) is 14.8. The molecule has 3 aromatic rings. The Hall–Kier alpha value is -2.88. The Kier molecular flexibility index (Phi) is 3.90. The van der Waals surface area contributed by atoms with Gasteiger partial charge in [0.1, 0.15) is 5.82 Å². The average molecular weight is 389 g/mol. The molecule has 3 N–H and O–H groups in total. The quantitative estimate of drug-likeness (QED) is 0.639. The van der Waals surface area contributed by atoms with Crippen LogP contribution >= 0.6 is 0 Å². The summed E-state index contributed by atoms with van der Waals surface area (Å²) in [6.07, 6.45) is -1.03. The van der Waals surface area contributed by atoms with Crippen LogP contribution < -0.4 is 15.5 Å². The van der Waals surface area contributed by atoms with Crippen molar-refractivity contribution in [3.63, 3.8) is 0 Å². The molecule has 10 heteroatoms. The molecule has 0 radical (unpaired) electrons. The van der Waals surface area contributed by atoms with E-state index in [9.17, 15) is 13.2 Å². The first-order valence-electron chi connectivity index (χ1n) is 9.13. The van der Waals surface area contributed by atoms with E-state index in [0.717, 1.165) is 42.9 Å². The Labute approximate surface area is 158 Å². The van der Waals surface area contributed by atoms with E-state index in [-0.39, 0.29) is 23.8 Å². The SMILES string of the molecule is FC(F)(F)c1cc(Nc2ccc3[nH]ncc3c2)nc(N2C3CCC2CNC3)n1. The molecule has 2 bridgehead atoms. The number of halogens is 3. The summed E-state index contributed by atoms with van der Waals surface area (Å²) in [7, 11) is 0. The fourth-order valence-electron chi connectivity index (χ4n) is 4.03. The highest BCUT2D eigenvalue weighted by atomic mass is 19.4. The molecule has 2 aliphatic heterocycles. The average Bonchev–Trinajstić information content (AvgIpc) is 3.22. The molecule has 0 amide bonds. The van der Waals surface area contributed by atoms with Gasteiger partial charge in [-0.2, -0.15) is 23.3 Å². The molecular weight excluding hydrogens is 371 g/mol. The summed E-state index contributed by atoms with van der Waals surface area (Å²) in [4.78, 5) is 10.2. The van der Waals surface area contributed by atoms with Crippen molar-refractivity contribution < 1.29 is 13.2 Å². The Morgan fingerprint density at radius 2 is 1.86 bits per heavy atom. The largest absolute Gasteiger partial charge is 0.433 e. The molecule has 0 saturated carbocycles. The number of rotatable bonds is 3. The molecule has 2 aliphatic rings. The summed E-state index contributed by atoms with van der Waals surface area (Å²) in [6, 6.07) is 6.59. The van der Waals surface area contributed by atoms with Crippen LogP contribution in [0.1, 0.15) is 18.5 Å². The number of H-pyrrole nitrogens is 1. The summed E-state index contributed by atoms with van der Waals surface area (Å²) >= 11 is 0. The molecule has 2 saturated heterocycles. The van der Waals surface area contributed by atoms with Gasteiger partial charge >= 0.3 is 6.18 Å². The van der Waals surface area contributed by atoms with Gasteiger partial charge in [0.25, 0.3) is 0 Å². The van der Waals surface area contributed by atoms with E-state index in [1.807, 2.05) is 17.0 Å². The van der Waals surface area contributed by atoms with Gasteiger partial charge in [0, 0.05) is 42.3 Å². The number of nitrogens with one attached hydrogen (secondary N) is 3. The lowest BCUT2D eigenvalue weighted by atomic mass is 10.2. The smallest absolute Gasteiger partial charge is 0.340 e. The summed E-state index contributed by atoms with van der Waals surface area (Å²) in [6.45, 7) is 1.46. The van der Waals surface area contributed by atoms with Gasteiger partial charge in [-0.25, -0.2) is 4.98 Å². The third kappa shape index (κ3) is 3.03. The zero-order chi connectivity index (χ0) is 19.3. The van der Waals surface area contributed by atoms with Crippen molar-refractivity contribution in [3.8, 4) is 0 Å². The molecule has 7 nitrogen and oxygen atoms in total.